The van der Waals surface area contributed by atoms with Crippen molar-refractivity contribution in [2.75, 3.05) is 52.5 Å². The number of esters is 4. The van der Waals surface area contributed by atoms with Crippen LogP contribution in [0.1, 0.15) is 232 Å². The molecule has 5 N–H and O–H groups in total. The molecular formula is C88H143N3O20S2. The number of amides is 2. The number of sulfonamides is 1. The van der Waals surface area contributed by atoms with E-state index in [-0.39, 0.29) is 103 Å². The molecule has 15 aliphatic carbocycles. The lowest BCUT2D eigenvalue weighted by molar-refractivity contribution is -0.160. The van der Waals surface area contributed by atoms with Gasteiger partial charge in [-0.3, -0.25) is 47.2 Å². The minimum Gasteiger partial charge on any atom is -0.481 e. The highest BCUT2D eigenvalue weighted by Gasteiger charge is 2.58. The molecule has 113 heavy (non-hydrogen) atoms. The Morgan fingerprint density at radius 2 is 0.726 bits per heavy atom. The normalized spacial score (nSPS) is 42.4. The third-order valence-electron chi connectivity index (χ3n) is 33.5. The van der Waals surface area contributed by atoms with Crippen molar-refractivity contribution in [2.45, 2.75) is 238 Å². The molecule has 0 radical (unpaired) electrons. The lowest BCUT2D eigenvalue weighted by atomic mass is 9.75. The van der Waals surface area contributed by atoms with Crippen molar-refractivity contribution in [3.05, 3.63) is 0 Å². The summed E-state index contributed by atoms with van der Waals surface area (Å²) in [4.78, 5) is 92.6. The Bertz CT molecular complexity index is 3400. The quantitative estimate of drug-likeness (QED) is 0.0405. The van der Waals surface area contributed by atoms with Gasteiger partial charge >= 0.3 is 35.8 Å². The number of nitrogens with zero attached hydrogens (tertiary/aromatic N) is 1. The summed E-state index contributed by atoms with van der Waals surface area (Å²) in [5.74, 6) is 15.3. The van der Waals surface area contributed by atoms with Crippen molar-refractivity contribution in [1.29, 1.82) is 5.26 Å². The Labute approximate surface area is 678 Å². The Kier molecular flexibility index (Phi) is 33.3. The summed E-state index contributed by atoms with van der Waals surface area (Å²) in [6, 6.07) is 1.99. The van der Waals surface area contributed by atoms with Gasteiger partial charge in [0.25, 0.3) is 11.3 Å². The van der Waals surface area contributed by atoms with Crippen molar-refractivity contribution in [2.24, 2.45) is 207 Å². The van der Waals surface area contributed by atoms with E-state index in [1.165, 1.54) is 32.1 Å². The summed E-state index contributed by atoms with van der Waals surface area (Å²) in [7, 11) is -3.41. The van der Waals surface area contributed by atoms with Crippen LogP contribution < -0.4 is 9.44 Å². The number of nitriles is 1. The van der Waals surface area contributed by atoms with Crippen LogP contribution in [-0.2, 0) is 87.5 Å². The van der Waals surface area contributed by atoms with Gasteiger partial charge in [-0.05, 0) is 275 Å². The molecule has 15 rings (SSSR count). The van der Waals surface area contributed by atoms with Gasteiger partial charge in [-0.25, -0.2) is 17.4 Å². The van der Waals surface area contributed by atoms with Gasteiger partial charge in [0.1, 0.15) is 19.8 Å². The smallest absolute Gasteiger partial charge is 0.341 e. The molecule has 642 valence electrons. The average molecular weight is 1630 g/mol. The lowest BCUT2D eigenvalue weighted by Gasteiger charge is -2.30. The number of carbonyl (C=O) groups is 8. The molecule has 15 saturated carbocycles. The first-order chi connectivity index (χ1) is 53.4. The summed E-state index contributed by atoms with van der Waals surface area (Å²) >= 11 is -1.67. The third-order valence-corrected chi connectivity index (χ3v) is 34.9. The summed E-state index contributed by atoms with van der Waals surface area (Å²) in [5, 5.41) is 34.4. The number of hydrogen-bond donors (Lipinski definition) is 5. The van der Waals surface area contributed by atoms with Crippen LogP contribution in [0.15, 0.2) is 0 Å². The largest absolute Gasteiger partial charge is 0.481 e. The van der Waals surface area contributed by atoms with E-state index in [4.69, 9.17) is 48.4 Å². The van der Waals surface area contributed by atoms with Crippen LogP contribution in [0.5, 0.6) is 0 Å². The molecule has 0 aliphatic heterocycles. The number of hydrogen-bond acceptors (Lipinski definition) is 19. The fraction of sp³-hybridized carbons (Fsp3) is 0.898. The molecular weight excluding hydrogens is 1480 g/mol. The number of carboxylic acid groups (broad SMARTS) is 2. The van der Waals surface area contributed by atoms with Gasteiger partial charge in [0.15, 0.2) is 6.61 Å². The van der Waals surface area contributed by atoms with Crippen LogP contribution in [-0.4, -0.2) is 134 Å². The number of carbonyl (C=O) groups excluding carboxylic acids is 6. The van der Waals surface area contributed by atoms with E-state index in [1.54, 1.807) is 0 Å². The molecule has 36 atom stereocenters. The number of fused-ring (bicyclic) bond motifs is 14. The zero-order chi connectivity index (χ0) is 82.9. The van der Waals surface area contributed by atoms with Crippen molar-refractivity contribution in [3.8, 4) is 6.07 Å². The predicted octanol–water partition coefficient (Wildman–Crippen LogP) is 13.8. The molecule has 2 amide bonds. The molecule has 23 nitrogen and oxygen atoms in total. The van der Waals surface area contributed by atoms with Crippen LogP contribution in [0, 0.1) is 218 Å². The lowest BCUT2D eigenvalue weighted by Crippen LogP contribution is -2.39. The van der Waals surface area contributed by atoms with Crippen LogP contribution in [0.2, 0.25) is 0 Å². The average Bonchev–Trinajstić information content (AvgIpc) is 1.66. The first-order valence-electron chi connectivity index (χ1n) is 44.0. The Balaban J connectivity index is 0.000000152. The minimum absolute atomic E-state index is 0.0101. The summed E-state index contributed by atoms with van der Waals surface area (Å²) in [6.45, 7) is 35.0. The van der Waals surface area contributed by atoms with Crippen LogP contribution in [0.4, 0.5) is 0 Å². The number of carboxylic acids is 2. The standard InChI is InChI=1S/C16H27NO3S.C14H24O3.C13H19NO2.C12H18O4.C12H20O3.C11H19NO3S.C10H16O2/c1-10-11(2)14-8-12(10)9-15(14)16(18)17-21(19)20-13-6-4-3-5-7-13;1-4-16-5-6-17-14(15)13-8-11-7-12(13)10(3)9(11)2;1-8-9(2)11-6-10(8)7-12(11)13(15)16-5-3-4-14;1-6-7(2)9-3-8(6)4-10(9)12(15)16-5-11(13)14;1-7-8(2)10-5-9(7)6-11(10)12(14)15-4-3-13;1-6-7(2)9-4-8(6)5-10(9)11(13)12-16(3,14)15;1-5-6(2)8-3-7(5)4-9(8)10(11)12/h10-15H,3-9H2,1-2H3,(H,17,18);9-13H,4-8H2,1-3H3;8-12H,3,5-7H2,1-2H3;6-10H,3-5H2,1-2H3,(H,13,14);7-11,13H,3-6H2,1-2H3;6-10H,4-5H2,1-3H3,(H,12,13);5-9H,3-4H2,1-2H3,(H,11,12). The van der Waals surface area contributed by atoms with Gasteiger partial charge in [0.05, 0.1) is 67.7 Å². The monoisotopic (exact) mass is 1630 g/mol. The van der Waals surface area contributed by atoms with E-state index >= 15 is 0 Å². The number of ether oxygens (including phenoxy) is 5. The first kappa shape index (κ1) is 92.1. The van der Waals surface area contributed by atoms with Crippen molar-refractivity contribution in [1.82, 2.24) is 9.44 Å². The van der Waals surface area contributed by atoms with Crippen molar-refractivity contribution >= 4 is 68.9 Å². The highest BCUT2D eigenvalue weighted by molar-refractivity contribution is 7.89. The second-order valence-corrected chi connectivity index (χ2v) is 41.1. The zero-order valence-electron chi connectivity index (χ0n) is 70.9. The van der Waals surface area contributed by atoms with E-state index < -0.39 is 39.8 Å². The zero-order valence-corrected chi connectivity index (χ0v) is 72.6. The number of aliphatic hydroxyl groups excluding tert-OH is 1. The summed E-state index contributed by atoms with van der Waals surface area (Å²) in [5.41, 5.74) is 0. The van der Waals surface area contributed by atoms with Crippen LogP contribution >= 0.6 is 0 Å². The van der Waals surface area contributed by atoms with Gasteiger partial charge in [0, 0.05) is 18.4 Å². The van der Waals surface area contributed by atoms with E-state index in [2.05, 4.69) is 106 Å². The minimum atomic E-state index is -3.41. The number of aliphatic hydroxyl groups is 1. The molecule has 14 bridgehead atoms. The molecule has 0 aromatic heterocycles. The maximum absolute atomic E-state index is 12.4. The first-order valence-corrected chi connectivity index (χ1v) is 47.0. The van der Waals surface area contributed by atoms with E-state index in [9.17, 15) is 51.0 Å². The van der Waals surface area contributed by atoms with Gasteiger partial charge in [-0.2, -0.15) is 5.26 Å². The van der Waals surface area contributed by atoms with Crippen molar-refractivity contribution < 1.29 is 94.2 Å². The SMILES string of the molecule is CC1C2CC(C(=O)NS(=O)OC3CCCCC3)C(C2)C1C.CC1C2CC(C(=O)NS(C)(=O)=O)C(C2)C1C.CC1C2CC(C(=O)O)C(C2)C1C.CC1C2CC(C(=O)OCC(=O)O)C(C2)C1C.CC1C2CC(C(=O)OCCC#N)C(C2)C1C.CC1C2CC(C(=O)OCCO)C(C2)C1C.CCOCCOC(=O)C1CC2CC1C(C)C2C. The van der Waals surface area contributed by atoms with E-state index in [0.717, 1.165) is 138 Å². The molecule has 15 aliphatic rings. The highest BCUT2D eigenvalue weighted by atomic mass is 32.2. The summed E-state index contributed by atoms with van der Waals surface area (Å²) < 4.78 is 69.6. The maximum Gasteiger partial charge on any atom is 0.341 e. The Hall–Kier alpha value is -4.77. The van der Waals surface area contributed by atoms with E-state index in [1.807, 2.05) is 13.0 Å². The van der Waals surface area contributed by atoms with Crippen LogP contribution in [0.25, 0.3) is 0 Å². The van der Waals surface area contributed by atoms with Crippen LogP contribution in [0.3, 0.4) is 0 Å². The van der Waals surface area contributed by atoms with Gasteiger partial charge in [-0.1, -0.05) is 116 Å². The number of aliphatic carboxylic acids is 2. The van der Waals surface area contributed by atoms with Crippen molar-refractivity contribution in [3.63, 3.8) is 0 Å². The molecule has 0 heterocycles. The molecule has 0 spiro atoms. The highest BCUT2D eigenvalue weighted by Crippen LogP contribution is 2.61. The fourth-order valence-corrected chi connectivity index (χ4v) is 26.9. The number of nitrogens with one attached hydrogen (secondary N) is 2. The Morgan fingerprint density at radius 1 is 0.416 bits per heavy atom. The van der Waals surface area contributed by atoms with Gasteiger partial charge in [0.2, 0.25) is 21.8 Å². The second kappa shape index (κ2) is 40.8. The molecule has 0 saturated heterocycles. The number of rotatable bonds is 21. The molecule has 36 unspecified atom stereocenters. The topological polar surface area (TPSA) is 352 Å². The third kappa shape index (κ3) is 22.0. The predicted molar refractivity (Wildman–Crippen MR) is 426 cm³/mol. The van der Waals surface area contributed by atoms with Gasteiger partial charge < -0.3 is 39.0 Å². The second-order valence-electron chi connectivity index (χ2n) is 38.5. The Morgan fingerprint density at radius 3 is 1.04 bits per heavy atom. The molecule has 25 heteroatoms. The molecule has 0 aromatic rings. The van der Waals surface area contributed by atoms with E-state index in [0.29, 0.717) is 151 Å². The van der Waals surface area contributed by atoms with Gasteiger partial charge in [-0.15, -0.1) is 0 Å². The maximum atomic E-state index is 12.4. The molecule has 15 fully saturated rings. The summed E-state index contributed by atoms with van der Waals surface area (Å²) in [6.07, 6.45) is 21.7. The fourth-order valence-electron chi connectivity index (χ4n) is 25.5. The molecule has 0 aromatic carbocycles.